The van der Waals surface area contributed by atoms with Gasteiger partial charge in [-0.3, -0.25) is 23.7 Å². The number of carbonyl (C=O) groups is 4. The maximum Gasteiger partial charge on any atom is 0.330 e. The Kier molecular flexibility index (Phi) is 9.57. The first-order valence-electron chi connectivity index (χ1n) is 15.6. The highest BCUT2D eigenvalue weighted by Gasteiger charge is 2.30. The number of rotatable bonds is 10. The molecule has 1 unspecified atom stereocenters. The van der Waals surface area contributed by atoms with Gasteiger partial charge in [0.05, 0.1) is 34.3 Å². The van der Waals surface area contributed by atoms with Crippen LogP contribution < -0.4 is 15.8 Å². The quantitative estimate of drug-likeness (QED) is 0.201. The first-order valence-corrected chi connectivity index (χ1v) is 15.6. The topological polar surface area (TPSA) is 168 Å². The average Bonchev–Trinajstić information content (AvgIpc) is 3.44. The fourth-order valence-corrected chi connectivity index (χ4v) is 5.89. The highest BCUT2D eigenvalue weighted by molar-refractivity contribution is 5.97. The SMILES string of the molecule is Cc1nc2cc3c(cc2c(=O)n1COC(=O)C(C)(C)C)C(N(C)c1ccc(C(=O)N[C@H](C(=O)O)c2ccc(CC(=O)O)cc2)c(F)c1)CC3. The van der Waals surface area contributed by atoms with E-state index in [2.05, 4.69) is 10.3 Å². The number of aliphatic carboxylic acids is 2. The number of amides is 1. The predicted octanol–water partition coefficient (Wildman–Crippen LogP) is 4.70. The highest BCUT2D eigenvalue weighted by atomic mass is 19.1. The Morgan fingerprint density at radius 1 is 1.08 bits per heavy atom. The number of hydrogen-bond acceptors (Lipinski definition) is 8. The first-order chi connectivity index (χ1) is 23.0. The number of anilines is 1. The highest BCUT2D eigenvalue weighted by Crippen LogP contribution is 2.39. The zero-order valence-corrected chi connectivity index (χ0v) is 27.7. The van der Waals surface area contributed by atoms with Gasteiger partial charge in [0.25, 0.3) is 11.5 Å². The molecule has 3 aromatic carbocycles. The summed E-state index contributed by atoms with van der Waals surface area (Å²) in [5.74, 6) is -4.23. The van der Waals surface area contributed by atoms with Gasteiger partial charge < -0.3 is 25.2 Å². The van der Waals surface area contributed by atoms with E-state index in [-0.39, 0.29) is 35.9 Å². The van der Waals surface area contributed by atoms with Gasteiger partial charge in [0.2, 0.25) is 0 Å². The summed E-state index contributed by atoms with van der Waals surface area (Å²) in [4.78, 5) is 68.3. The monoisotopic (exact) mass is 672 g/mol. The number of halogens is 1. The van der Waals surface area contributed by atoms with Gasteiger partial charge >= 0.3 is 17.9 Å². The van der Waals surface area contributed by atoms with Crippen LogP contribution in [0.1, 0.15) is 77.7 Å². The fraction of sp³-hybridized carbons (Fsp3) is 0.333. The summed E-state index contributed by atoms with van der Waals surface area (Å²) in [6.07, 6.45) is 1.13. The van der Waals surface area contributed by atoms with Crippen LogP contribution >= 0.6 is 0 Å². The molecule has 0 fully saturated rings. The number of fused-ring (bicyclic) bond motifs is 2. The minimum absolute atomic E-state index is 0.196. The number of hydrogen-bond donors (Lipinski definition) is 3. The number of nitrogens with zero attached hydrogens (tertiary/aromatic N) is 3. The summed E-state index contributed by atoms with van der Waals surface area (Å²) >= 11 is 0. The number of ether oxygens (including phenoxy) is 1. The molecule has 0 saturated carbocycles. The van der Waals surface area contributed by atoms with Crippen molar-refractivity contribution in [1.82, 2.24) is 14.9 Å². The summed E-state index contributed by atoms with van der Waals surface area (Å²) in [6, 6.07) is 11.7. The molecule has 4 aromatic rings. The lowest BCUT2D eigenvalue weighted by molar-refractivity contribution is -0.157. The van der Waals surface area contributed by atoms with Gasteiger partial charge in [-0.2, -0.15) is 0 Å². The van der Waals surface area contributed by atoms with Gasteiger partial charge in [-0.25, -0.2) is 14.2 Å². The molecule has 12 nitrogen and oxygen atoms in total. The third-order valence-electron chi connectivity index (χ3n) is 8.65. The number of aromatic nitrogens is 2. The predicted molar refractivity (Wildman–Crippen MR) is 178 cm³/mol. The maximum absolute atomic E-state index is 15.4. The van der Waals surface area contributed by atoms with Crippen molar-refractivity contribution in [2.75, 3.05) is 11.9 Å². The lowest BCUT2D eigenvalue weighted by Gasteiger charge is -2.28. The Balaban J connectivity index is 1.36. The van der Waals surface area contributed by atoms with E-state index < -0.39 is 41.1 Å². The molecule has 1 aliphatic rings. The van der Waals surface area contributed by atoms with Crippen molar-refractivity contribution >= 4 is 40.4 Å². The van der Waals surface area contributed by atoms with E-state index >= 15 is 4.39 Å². The number of esters is 1. The van der Waals surface area contributed by atoms with Gasteiger partial charge in [-0.05, 0) is 93.1 Å². The van der Waals surface area contributed by atoms with Crippen LogP contribution in [0.25, 0.3) is 10.9 Å². The molecule has 0 spiro atoms. The molecule has 1 aromatic heterocycles. The summed E-state index contributed by atoms with van der Waals surface area (Å²) in [5.41, 5.74) is 2.08. The molecule has 0 aliphatic heterocycles. The minimum Gasteiger partial charge on any atom is -0.481 e. The Morgan fingerprint density at radius 3 is 2.39 bits per heavy atom. The standard InChI is InChI=1S/C36H37FN4O8/c1-19-38-28-15-22-10-13-29(25(22)17-26(28)33(45)41(19)18-49-35(48)36(2,3)4)40(5)23-11-12-24(27(37)16-23)32(44)39-31(34(46)47)21-8-6-20(7-9-21)14-30(42)43/h6-9,11-12,15-17,29,31H,10,13-14,18H2,1-5H3,(H,39,44)(H,42,43)(H,46,47)/t29?,31-/m0/s1. The van der Waals surface area contributed by atoms with Crippen molar-refractivity contribution in [3.05, 3.63) is 104 Å². The molecule has 0 radical (unpaired) electrons. The Morgan fingerprint density at radius 2 is 1.78 bits per heavy atom. The van der Waals surface area contributed by atoms with Crippen molar-refractivity contribution in [3.8, 4) is 0 Å². The zero-order valence-electron chi connectivity index (χ0n) is 27.7. The second-order valence-corrected chi connectivity index (χ2v) is 13.2. The van der Waals surface area contributed by atoms with Crippen LogP contribution in [0.15, 0.2) is 59.4 Å². The Bertz CT molecular complexity index is 2030. The molecule has 1 amide bonds. The van der Waals surface area contributed by atoms with Crippen LogP contribution in [-0.2, 0) is 38.7 Å². The molecule has 256 valence electrons. The minimum atomic E-state index is -1.49. The zero-order chi connectivity index (χ0) is 35.8. The normalized spacial score (nSPS) is 14.6. The molecule has 49 heavy (non-hydrogen) atoms. The Labute approximate surface area is 281 Å². The van der Waals surface area contributed by atoms with E-state index in [1.165, 1.54) is 41.0 Å². The number of aryl methyl sites for hydroxylation is 2. The van der Waals surface area contributed by atoms with E-state index in [0.29, 0.717) is 40.8 Å². The fourth-order valence-electron chi connectivity index (χ4n) is 5.89. The van der Waals surface area contributed by atoms with E-state index in [1.807, 2.05) is 11.0 Å². The van der Waals surface area contributed by atoms with Crippen molar-refractivity contribution < 1.29 is 38.5 Å². The van der Waals surface area contributed by atoms with E-state index in [1.54, 1.807) is 46.9 Å². The summed E-state index contributed by atoms with van der Waals surface area (Å²) < 4.78 is 22.1. The summed E-state index contributed by atoms with van der Waals surface area (Å²) in [6.45, 7) is 6.58. The van der Waals surface area contributed by atoms with Crippen LogP contribution in [0.3, 0.4) is 0 Å². The van der Waals surface area contributed by atoms with E-state index in [9.17, 15) is 29.1 Å². The second-order valence-electron chi connectivity index (χ2n) is 13.2. The molecule has 1 aliphatic carbocycles. The first kappa shape index (κ1) is 34.7. The van der Waals surface area contributed by atoms with Gasteiger partial charge in [0.15, 0.2) is 12.8 Å². The number of carboxylic acid groups (broad SMARTS) is 2. The molecular weight excluding hydrogens is 635 g/mol. The van der Waals surface area contributed by atoms with Crippen LogP contribution in [0, 0.1) is 18.2 Å². The molecule has 5 rings (SSSR count). The van der Waals surface area contributed by atoms with Crippen molar-refractivity contribution in [1.29, 1.82) is 0 Å². The molecule has 13 heteroatoms. The van der Waals surface area contributed by atoms with Crippen molar-refractivity contribution in [2.45, 2.75) is 65.8 Å². The lowest BCUT2D eigenvalue weighted by atomic mass is 9.98. The number of benzene rings is 3. The maximum atomic E-state index is 15.4. The van der Waals surface area contributed by atoms with Gasteiger partial charge in [0, 0.05) is 12.7 Å². The van der Waals surface area contributed by atoms with Crippen LogP contribution in [0.2, 0.25) is 0 Å². The van der Waals surface area contributed by atoms with Crippen molar-refractivity contribution in [2.24, 2.45) is 5.41 Å². The summed E-state index contributed by atoms with van der Waals surface area (Å²) in [7, 11) is 1.78. The number of nitrogens with one attached hydrogen (secondary N) is 1. The van der Waals surface area contributed by atoms with Crippen LogP contribution in [0.5, 0.6) is 0 Å². The van der Waals surface area contributed by atoms with Crippen molar-refractivity contribution in [3.63, 3.8) is 0 Å². The van der Waals surface area contributed by atoms with Gasteiger partial charge in [0.1, 0.15) is 11.6 Å². The molecule has 1 heterocycles. The molecule has 2 atom stereocenters. The summed E-state index contributed by atoms with van der Waals surface area (Å²) in [5, 5.41) is 21.4. The van der Waals surface area contributed by atoms with E-state index in [4.69, 9.17) is 9.84 Å². The second kappa shape index (κ2) is 13.5. The van der Waals surface area contributed by atoms with Gasteiger partial charge in [-0.15, -0.1) is 0 Å². The Hall–Kier alpha value is -5.59. The lowest BCUT2D eigenvalue weighted by Crippen LogP contribution is -2.34. The third kappa shape index (κ3) is 7.30. The average molecular weight is 673 g/mol. The molecular formula is C36H37FN4O8. The van der Waals surface area contributed by atoms with Gasteiger partial charge in [-0.1, -0.05) is 24.3 Å². The largest absolute Gasteiger partial charge is 0.481 e. The van der Waals surface area contributed by atoms with Crippen LogP contribution in [0.4, 0.5) is 10.1 Å². The molecule has 0 bridgehead atoms. The number of carbonyl (C=O) groups excluding carboxylic acids is 2. The molecule has 0 saturated heterocycles. The third-order valence-corrected chi connectivity index (χ3v) is 8.65. The number of carboxylic acids is 2. The smallest absolute Gasteiger partial charge is 0.330 e. The van der Waals surface area contributed by atoms with Crippen LogP contribution in [-0.4, -0.2) is 50.6 Å². The molecule has 3 N–H and O–H groups in total. The van der Waals surface area contributed by atoms with E-state index in [0.717, 1.165) is 11.1 Å².